The lowest BCUT2D eigenvalue weighted by Crippen LogP contribution is -2.56. The normalized spacial score (nSPS) is 24.0. The number of benzene rings is 1. The number of ketones is 1. The van der Waals surface area contributed by atoms with Crippen LogP contribution in [0.2, 0.25) is 0 Å². The van der Waals surface area contributed by atoms with Gasteiger partial charge in [-0.25, -0.2) is 14.2 Å². The summed E-state index contributed by atoms with van der Waals surface area (Å²) in [6.45, 7) is 6.61. The molecule has 2 amide bonds. The first-order valence-electron chi connectivity index (χ1n) is 12.1. The number of halogens is 1. The predicted octanol–water partition coefficient (Wildman–Crippen LogP) is 3.64. The largest absolute Gasteiger partial charge is 0.335 e. The number of nitrogens with one attached hydrogen (secondary N) is 2. The van der Waals surface area contributed by atoms with Crippen LogP contribution in [0.3, 0.4) is 0 Å². The monoisotopic (exact) mass is 487 g/mol. The highest BCUT2D eigenvalue weighted by atomic mass is 32.1. The van der Waals surface area contributed by atoms with E-state index in [0.29, 0.717) is 17.6 Å². The number of urea groups is 1. The molecular formula is C25H34FN5O2S. The van der Waals surface area contributed by atoms with Crippen LogP contribution in [0.15, 0.2) is 35.8 Å². The topological polar surface area (TPSA) is 77.6 Å². The van der Waals surface area contributed by atoms with Gasteiger partial charge in [-0.2, -0.15) is 0 Å². The Morgan fingerprint density at radius 1 is 1.15 bits per heavy atom. The molecule has 3 heterocycles. The molecule has 0 saturated carbocycles. The Bertz CT molecular complexity index is 939. The van der Waals surface area contributed by atoms with Gasteiger partial charge in [-0.3, -0.25) is 15.0 Å². The van der Waals surface area contributed by atoms with Crippen molar-refractivity contribution in [2.24, 2.45) is 11.8 Å². The standard InChI is InChI=1S/C25H34FN5O2S/c1-18(32)14-31-11-8-23(28-24(33)29-25-27-9-12-34-25)21(17-31)16-30-10-2-3-20(15-30)13-19-4-6-22(26)7-5-19/h4-7,9,12,20-21,23H,2-3,8,10-11,13-17H2,1H3,(H2,27,28,29,33)/t20?,21-,23-/m1/s1. The molecule has 0 bridgehead atoms. The smallest absolute Gasteiger partial charge is 0.321 e. The van der Waals surface area contributed by atoms with E-state index in [1.807, 2.05) is 17.5 Å². The molecule has 0 spiro atoms. The molecule has 1 aromatic heterocycles. The number of hydrogen-bond acceptors (Lipinski definition) is 6. The number of nitrogens with zero attached hydrogens (tertiary/aromatic N) is 3. The summed E-state index contributed by atoms with van der Waals surface area (Å²) in [5.74, 6) is 0.748. The Labute approximate surface area is 204 Å². The van der Waals surface area contributed by atoms with Crippen LogP contribution in [0.1, 0.15) is 31.7 Å². The first-order chi connectivity index (χ1) is 16.4. The Hall–Kier alpha value is -2.36. The van der Waals surface area contributed by atoms with Crippen molar-refractivity contribution in [3.63, 3.8) is 0 Å². The number of hydrogen-bond donors (Lipinski definition) is 2. The van der Waals surface area contributed by atoms with Crippen LogP contribution in [0, 0.1) is 17.7 Å². The van der Waals surface area contributed by atoms with Crippen molar-refractivity contribution < 1.29 is 14.0 Å². The molecule has 2 saturated heterocycles. The Balaban J connectivity index is 1.36. The third-order valence-corrected chi connectivity index (χ3v) is 7.46. The molecule has 34 heavy (non-hydrogen) atoms. The number of likely N-dealkylation sites (tertiary alicyclic amines) is 2. The van der Waals surface area contributed by atoms with Gasteiger partial charge in [0.05, 0.1) is 6.54 Å². The molecule has 2 N–H and O–H groups in total. The summed E-state index contributed by atoms with van der Waals surface area (Å²) < 4.78 is 13.3. The van der Waals surface area contributed by atoms with Gasteiger partial charge in [-0.1, -0.05) is 12.1 Å². The number of rotatable bonds is 8. The highest BCUT2D eigenvalue weighted by Crippen LogP contribution is 2.25. The molecular weight excluding hydrogens is 453 g/mol. The number of amides is 2. The summed E-state index contributed by atoms with van der Waals surface area (Å²) >= 11 is 1.39. The highest BCUT2D eigenvalue weighted by Gasteiger charge is 2.33. The van der Waals surface area contributed by atoms with Crippen molar-refractivity contribution in [2.45, 2.75) is 38.6 Å². The van der Waals surface area contributed by atoms with Crippen LogP contribution in [0.4, 0.5) is 14.3 Å². The van der Waals surface area contributed by atoms with E-state index in [1.165, 1.54) is 35.5 Å². The number of carbonyl (C=O) groups is 2. The highest BCUT2D eigenvalue weighted by molar-refractivity contribution is 7.13. The minimum atomic E-state index is -0.224. The molecule has 0 radical (unpaired) electrons. The van der Waals surface area contributed by atoms with Gasteiger partial charge in [0.1, 0.15) is 11.6 Å². The molecule has 2 aliphatic rings. The van der Waals surface area contributed by atoms with Gasteiger partial charge in [0.2, 0.25) is 0 Å². The lowest BCUT2D eigenvalue weighted by atomic mass is 9.88. The quantitative estimate of drug-likeness (QED) is 0.595. The molecule has 7 nitrogen and oxygen atoms in total. The maximum atomic E-state index is 13.3. The van der Waals surface area contributed by atoms with E-state index in [-0.39, 0.29) is 29.6 Å². The Morgan fingerprint density at radius 3 is 2.71 bits per heavy atom. The third kappa shape index (κ3) is 7.32. The average molecular weight is 488 g/mol. The number of aromatic nitrogens is 1. The Kier molecular flexibility index (Phi) is 8.64. The van der Waals surface area contributed by atoms with E-state index in [1.54, 1.807) is 13.1 Å². The zero-order valence-corrected chi connectivity index (χ0v) is 20.5. The molecule has 1 unspecified atom stereocenters. The maximum absolute atomic E-state index is 13.3. The van der Waals surface area contributed by atoms with Crippen LogP contribution in [0.25, 0.3) is 0 Å². The first kappa shape index (κ1) is 24.8. The number of piperidine rings is 2. The van der Waals surface area contributed by atoms with Crippen LogP contribution in [-0.4, -0.2) is 71.9 Å². The van der Waals surface area contributed by atoms with Gasteiger partial charge in [-0.15, -0.1) is 11.3 Å². The van der Waals surface area contributed by atoms with Crippen molar-refractivity contribution >= 4 is 28.3 Å². The second-order valence-corrected chi connectivity index (χ2v) is 10.5. The molecule has 2 fully saturated rings. The number of thiazole rings is 1. The van der Waals surface area contributed by atoms with Crippen LogP contribution >= 0.6 is 11.3 Å². The fraction of sp³-hybridized carbons (Fsp3) is 0.560. The zero-order chi connectivity index (χ0) is 23.9. The van der Waals surface area contributed by atoms with Crippen molar-refractivity contribution in [3.05, 3.63) is 47.2 Å². The SMILES string of the molecule is CC(=O)CN1CC[C@@H](NC(=O)Nc2nccs2)[C@H](CN2CCCC(Cc3ccc(F)cc3)C2)C1. The average Bonchev–Trinajstić information content (AvgIpc) is 3.30. The first-order valence-corrected chi connectivity index (χ1v) is 13.0. The second kappa shape index (κ2) is 11.9. The van der Waals surface area contributed by atoms with E-state index < -0.39 is 0 Å². The summed E-state index contributed by atoms with van der Waals surface area (Å²) in [6.07, 6.45) is 5.75. The second-order valence-electron chi connectivity index (χ2n) is 9.63. The van der Waals surface area contributed by atoms with Crippen LogP contribution in [0.5, 0.6) is 0 Å². The van der Waals surface area contributed by atoms with Crippen molar-refractivity contribution in [1.82, 2.24) is 20.1 Å². The summed E-state index contributed by atoms with van der Waals surface area (Å²) in [5, 5.41) is 8.41. The lowest BCUT2D eigenvalue weighted by Gasteiger charge is -2.42. The van der Waals surface area contributed by atoms with E-state index >= 15 is 0 Å². The van der Waals surface area contributed by atoms with Crippen LogP contribution < -0.4 is 10.6 Å². The molecule has 4 rings (SSSR count). The van der Waals surface area contributed by atoms with Gasteiger partial charge < -0.3 is 10.2 Å². The molecule has 3 atom stereocenters. The van der Waals surface area contributed by atoms with E-state index in [9.17, 15) is 14.0 Å². The maximum Gasteiger partial charge on any atom is 0.321 e. The molecule has 1 aromatic carbocycles. The van der Waals surface area contributed by atoms with Gasteiger partial charge in [0.25, 0.3) is 0 Å². The lowest BCUT2D eigenvalue weighted by molar-refractivity contribution is -0.118. The van der Waals surface area contributed by atoms with Crippen molar-refractivity contribution in [2.75, 3.05) is 44.6 Å². The van der Waals surface area contributed by atoms with E-state index in [0.717, 1.165) is 52.0 Å². The molecule has 2 aromatic rings. The molecule has 2 aliphatic heterocycles. The van der Waals surface area contributed by atoms with E-state index in [4.69, 9.17) is 0 Å². The van der Waals surface area contributed by atoms with Gasteiger partial charge in [0, 0.05) is 49.7 Å². The molecule has 184 valence electrons. The molecule has 9 heteroatoms. The summed E-state index contributed by atoms with van der Waals surface area (Å²) in [7, 11) is 0. The zero-order valence-electron chi connectivity index (χ0n) is 19.7. The molecule has 0 aliphatic carbocycles. The van der Waals surface area contributed by atoms with Crippen molar-refractivity contribution in [3.8, 4) is 0 Å². The fourth-order valence-electron chi connectivity index (χ4n) is 5.30. The fourth-order valence-corrected chi connectivity index (χ4v) is 5.82. The van der Waals surface area contributed by atoms with Crippen molar-refractivity contribution in [1.29, 1.82) is 0 Å². The minimum Gasteiger partial charge on any atom is -0.335 e. The number of anilines is 1. The number of carbonyl (C=O) groups excluding carboxylic acids is 2. The van der Waals surface area contributed by atoms with Crippen LogP contribution in [-0.2, 0) is 11.2 Å². The summed E-state index contributed by atoms with van der Waals surface area (Å²) in [6, 6.07) is 6.66. The van der Waals surface area contributed by atoms with Gasteiger partial charge in [-0.05, 0) is 62.8 Å². The van der Waals surface area contributed by atoms with Gasteiger partial charge >= 0.3 is 6.03 Å². The Morgan fingerprint density at radius 2 is 1.97 bits per heavy atom. The van der Waals surface area contributed by atoms with Gasteiger partial charge in [0.15, 0.2) is 5.13 Å². The summed E-state index contributed by atoms with van der Waals surface area (Å²) in [5.41, 5.74) is 1.18. The predicted molar refractivity (Wildman–Crippen MR) is 133 cm³/mol. The number of Topliss-reactive ketones (excluding diaryl/α,β-unsaturated/α-hetero) is 1. The van der Waals surface area contributed by atoms with E-state index in [2.05, 4.69) is 25.4 Å². The minimum absolute atomic E-state index is 0.0423. The summed E-state index contributed by atoms with van der Waals surface area (Å²) in [4.78, 5) is 33.2. The third-order valence-electron chi connectivity index (χ3n) is 6.77.